The van der Waals surface area contributed by atoms with Gasteiger partial charge in [0.1, 0.15) is 0 Å². The van der Waals surface area contributed by atoms with Crippen molar-refractivity contribution in [1.29, 1.82) is 0 Å². The fraction of sp³-hybridized carbons (Fsp3) is 0. The highest BCUT2D eigenvalue weighted by Crippen LogP contribution is 2.41. The molecule has 0 spiro atoms. The van der Waals surface area contributed by atoms with E-state index in [4.69, 9.17) is 0 Å². The van der Waals surface area contributed by atoms with E-state index in [9.17, 15) is 0 Å². The first-order valence-corrected chi connectivity index (χ1v) is 18.5. The van der Waals surface area contributed by atoms with E-state index in [-0.39, 0.29) is 0 Å². The van der Waals surface area contributed by atoms with Crippen LogP contribution in [0.25, 0.3) is 71.6 Å². The lowest BCUT2D eigenvalue weighted by Crippen LogP contribution is -2.09. The normalized spacial score (nSPS) is 11.3. The van der Waals surface area contributed by atoms with Crippen LogP contribution in [0, 0.1) is 0 Å². The molecule has 0 aliphatic rings. The second-order valence-electron chi connectivity index (χ2n) is 13.8. The van der Waals surface area contributed by atoms with Gasteiger partial charge in [-0.3, -0.25) is 0 Å². The second-order valence-corrected chi connectivity index (χ2v) is 13.8. The van der Waals surface area contributed by atoms with E-state index in [2.05, 4.69) is 228 Å². The summed E-state index contributed by atoms with van der Waals surface area (Å²) in [6, 6.07) is 78.8. The predicted molar refractivity (Wildman–Crippen MR) is 229 cm³/mol. The summed E-state index contributed by atoms with van der Waals surface area (Å²) in [5.41, 5.74) is 14.1. The van der Waals surface area contributed by atoms with Gasteiger partial charge in [-0.05, 0) is 111 Å². The van der Waals surface area contributed by atoms with Crippen molar-refractivity contribution in [2.45, 2.75) is 0 Å². The molecule has 1 aromatic heterocycles. The van der Waals surface area contributed by atoms with E-state index in [1.54, 1.807) is 0 Å². The molecule has 254 valence electrons. The van der Waals surface area contributed by atoms with Gasteiger partial charge in [-0.15, -0.1) is 0 Å². The molecule has 0 atom stereocenters. The molecule has 0 radical (unpaired) electrons. The summed E-state index contributed by atoms with van der Waals surface area (Å²) in [7, 11) is 0. The van der Waals surface area contributed by atoms with Crippen molar-refractivity contribution in [3.63, 3.8) is 0 Å². The van der Waals surface area contributed by atoms with E-state index in [1.807, 2.05) is 0 Å². The molecule has 0 unspecified atom stereocenters. The van der Waals surface area contributed by atoms with Crippen LogP contribution in [-0.4, -0.2) is 4.57 Å². The molecule has 1 heterocycles. The number of fused-ring (bicyclic) bond motifs is 4. The number of benzene rings is 9. The van der Waals surface area contributed by atoms with Gasteiger partial charge in [0.05, 0.1) is 11.0 Å². The Morgan fingerprint density at radius 3 is 1.65 bits per heavy atom. The number of hydrogen-bond donors (Lipinski definition) is 0. The van der Waals surface area contributed by atoms with Gasteiger partial charge >= 0.3 is 0 Å². The molecule has 2 nitrogen and oxygen atoms in total. The van der Waals surface area contributed by atoms with Crippen LogP contribution in [0.2, 0.25) is 0 Å². The van der Waals surface area contributed by atoms with E-state index in [1.165, 1.54) is 71.6 Å². The van der Waals surface area contributed by atoms with E-state index in [0.29, 0.717) is 0 Å². The van der Waals surface area contributed by atoms with Gasteiger partial charge in [0, 0.05) is 33.5 Å². The molecule has 0 N–H and O–H groups in total. The Hall–Kier alpha value is -7.16. The van der Waals surface area contributed by atoms with Gasteiger partial charge in [0.2, 0.25) is 0 Å². The minimum Gasteiger partial charge on any atom is -0.310 e. The van der Waals surface area contributed by atoms with Crippen molar-refractivity contribution in [1.82, 2.24) is 4.57 Å². The summed E-state index contributed by atoms with van der Waals surface area (Å²) in [5, 5.41) is 4.98. The fourth-order valence-corrected chi connectivity index (χ4v) is 7.99. The van der Waals surface area contributed by atoms with Crippen molar-refractivity contribution < 1.29 is 0 Å². The number of hydrogen-bond acceptors (Lipinski definition) is 1. The predicted octanol–water partition coefficient (Wildman–Crippen LogP) is 14.4. The number of rotatable bonds is 7. The third-order valence-corrected chi connectivity index (χ3v) is 10.6. The maximum Gasteiger partial charge on any atom is 0.0541 e. The quantitative estimate of drug-likeness (QED) is 0.162. The average molecular weight is 689 g/mol. The van der Waals surface area contributed by atoms with E-state index >= 15 is 0 Å². The largest absolute Gasteiger partial charge is 0.310 e. The molecule has 0 saturated carbocycles. The van der Waals surface area contributed by atoms with Crippen LogP contribution in [0.4, 0.5) is 17.1 Å². The Balaban J connectivity index is 1.07. The Kier molecular flexibility index (Phi) is 7.85. The molecule has 9 aromatic carbocycles. The minimum absolute atomic E-state index is 1.11. The topological polar surface area (TPSA) is 8.17 Å². The zero-order valence-electron chi connectivity index (χ0n) is 29.7. The molecule has 2 heteroatoms. The summed E-state index contributed by atoms with van der Waals surface area (Å²) >= 11 is 0. The summed E-state index contributed by atoms with van der Waals surface area (Å²) in [6.45, 7) is 0. The smallest absolute Gasteiger partial charge is 0.0541 e. The van der Waals surface area contributed by atoms with Gasteiger partial charge < -0.3 is 9.47 Å². The van der Waals surface area contributed by atoms with Gasteiger partial charge in [-0.2, -0.15) is 0 Å². The van der Waals surface area contributed by atoms with E-state index in [0.717, 1.165) is 17.1 Å². The zero-order valence-corrected chi connectivity index (χ0v) is 29.7. The second kappa shape index (κ2) is 13.4. The Labute approximate surface area is 315 Å². The molecular formula is C52H36N2. The van der Waals surface area contributed by atoms with Crippen LogP contribution in [-0.2, 0) is 0 Å². The highest BCUT2D eigenvalue weighted by atomic mass is 15.1. The number of nitrogens with zero attached hydrogens (tertiary/aromatic N) is 2. The monoisotopic (exact) mass is 688 g/mol. The summed E-state index contributed by atoms with van der Waals surface area (Å²) in [5.74, 6) is 0. The molecule has 10 rings (SSSR count). The standard InChI is InChI=1S/C52H36N2/c1-3-14-37(15-4-1)39-26-30-44(31-27-39)53(43-19-5-2-6-20-43)45-21-13-18-41(35-45)47-22-9-10-23-48(47)42-29-33-52-50(36-42)49-24-11-12-25-51(49)54(52)46-32-28-38-16-7-8-17-40(38)34-46/h1-36H. The molecule has 0 aliphatic carbocycles. The Morgan fingerprint density at radius 2 is 0.852 bits per heavy atom. The first kappa shape index (κ1) is 31.6. The molecule has 10 aromatic rings. The number of anilines is 3. The Morgan fingerprint density at radius 1 is 0.296 bits per heavy atom. The summed E-state index contributed by atoms with van der Waals surface area (Å²) in [4.78, 5) is 2.34. The van der Waals surface area contributed by atoms with Crippen molar-refractivity contribution >= 4 is 49.6 Å². The Bertz CT molecular complexity index is 2920. The van der Waals surface area contributed by atoms with Crippen LogP contribution in [0.15, 0.2) is 218 Å². The molecule has 0 amide bonds. The first-order valence-electron chi connectivity index (χ1n) is 18.5. The molecule has 0 fully saturated rings. The maximum atomic E-state index is 2.40. The van der Waals surface area contributed by atoms with Crippen LogP contribution >= 0.6 is 0 Å². The average Bonchev–Trinajstić information content (AvgIpc) is 3.58. The third-order valence-electron chi connectivity index (χ3n) is 10.6. The number of aromatic nitrogens is 1. The SMILES string of the molecule is c1ccc(-c2ccc(N(c3ccccc3)c3cccc(-c4ccccc4-c4ccc5c(c4)c4ccccc4n5-c4ccc5ccccc5c4)c3)cc2)cc1. The fourth-order valence-electron chi connectivity index (χ4n) is 7.99. The van der Waals surface area contributed by atoms with Crippen molar-refractivity contribution in [3.05, 3.63) is 218 Å². The van der Waals surface area contributed by atoms with Gasteiger partial charge in [0.25, 0.3) is 0 Å². The van der Waals surface area contributed by atoms with E-state index < -0.39 is 0 Å². The van der Waals surface area contributed by atoms with Crippen LogP contribution in [0.5, 0.6) is 0 Å². The van der Waals surface area contributed by atoms with Crippen molar-refractivity contribution in [3.8, 4) is 39.1 Å². The number of para-hydroxylation sites is 2. The molecule has 0 saturated heterocycles. The first-order chi connectivity index (χ1) is 26.8. The van der Waals surface area contributed by atoms with Gasteiger partial charge in [0.15, 0.2) is 0 Å². The summed E-state index contributed by atoms with van der Waals surface area (Å²) < 4.78 is 2.40. The lowest BCUT2D eigenvalue weighted by atomic mass is 9.93. The lowest BCUT2D eigenvalue weighted by molar-refractivity contribution is 1.19. The van der Waals surface area contributed by atoms with Crippen molar-refractivity contribution in [2.24, 2.45) is 0 Å². The van der Waals surface area contributed by atoms with Gasteiger partial charge in [-0.25, -0.2) is 0 Å². The molecular weight excluding hydrogens is 653 g/mol. The molecule has 0 bridgehead atoms. The van der Waals surface area contributed by atoms with Crippen LogP contribution in [0.1, 0.15) is 0 Å². The molecule has 0 aliphatic heterocycles. The minimum atomic E-state index is 1.11. The third kappa shape index (κ3) is 5.62. The van der Waals surface area contributed by atoms with Crippen molar-refractivity contribution in [2.75, 3.05) is 4.90 Å². The lowest BCUT2D eigenvalue weighted by Gasteiger charge is -2.26. The maximum absolute atomic E-state index is 2.40. The highest BCUT2D eigenvalue weighted by Gasteiger charge is 2.17. The van der Waals surface area contributed by atoms with Crippen LogP contribution < -0.4 is 4.90 Å². The highest BCUT2D eigenvalue weighted by molar-refractivity contribution is 6.11. The zero-order chi connectivity index (χ0) is 35.8. The van der Waals surface area contributed by atoms with Gasteiger partial charge in [-0.1, -0.05) is 152 Å². The van der Waals surface area contributed by atoms with Crippen LogP contribution in [0.3, 0.4) is 0 Å². The molecule has 54 heavy (non-hydrogen) atoms. The summed E-state index contributed by atoms with van der Waals surface area (Å²) in [6.07, 6.45) is 0.